The molecule has 1 aromatic rings. The molecule has 0 saturated heterocycles. The summed E-state index contributed by atoms with van der Waals surface area (Å²) in [5.74, 6) is 0.845. The Bertz CT molecular complexity index is 345. The van der Waals surface area contributed by atoms with Gasteiger partial charge < -0.3 is 0 Å². The van der Waals surface area contributed by atoms with Crippen molar-refractivity contribution >= 4 is 11.8 Å². The Balaban J connectivity index is 2.98. The zero-order valence-corrected chi connectivity index (χ0v) is 9.53. The first kappa shape index (κ1) is 10.2. The summed E-state index contributed by atoms with van der Waals surface area (Å²) in [5.41, 5.74) is 1.58. The Labute approximate surface area is 87.6 Å². The number of nitrogens with zero attached hydrogens (tertiary/aromatic N) is 1. The first-order chi connectivity index (χ1) is 6.27. The third-order valence-electron chi connectivity index (χ3n) is 1.50. The number of rotatable bonds is 3. The second-order valence-electron chi connectivity index (χ2n) is 2.38. The van der Waals surface area contributed by atoms with E-state index in [0.29, 0.717) is 5.69 Å². The molecule has 0 aliphatic rings. The van der Waals surface area contributed by atoms with E-state index in [1.807, 2.05) is 24.0 Å². The number of hydrogen-bond acceptors (Lipinski definition) is 3. The fourth-order valence-corrected chi connectivity index (χ4v) is 1.72. The second-order valence-corrected chi connectivity index (χ2v) is 3.70. The van der Waals surface area contributed by atoms with Gasteiger partial charge in [0.25, 0.3) is 0 Å². The van der Waals surface area contributed by atoms with Gasteiger partial charge in [0, 0.05) is 0 Å². The monoisotopic (exact) mass is 290 g/mol. The van der Waals surface area contributed by atoms with Crippen LogP contribution in [0.1, 0.15) is 5.56 Å². The fourth-order valence-electron chi connectivity index (χ4n) is 0.940. The second kappa shape index (κ2) is 4.99. The van der Waals surface area contributed by atoms with Gasteiger partial charge in [0.15, 0.2) is 0 Å². The van der Waals surface area contributed by atoms with E-state index >= 15 is 0 Å². The van der Waals surface area contributed by atoms with Crippen LogP contribution in [0.4, 0.5) is 5.69 Å². The van der Waals surface area contributed by atoms with Crippen LogP contribution in [0.5, 0.6) is 5.75 Å². The van der Waals surface area contributed by atoms with Gasteiger partial charge in [-0.05, 0) is 0 Å². The Morgan fingerprint density at radius 3 is 2.85 bits per heavy atom. The van der Waals surface area contributed by atoms with Gasteiger partial charge in [-0.3, -0.25) is 0 Å². The molecule has 0 aliphatic carbocycles. The minimum atomic E-state index is -0.210. The molecule has 0 N–H and O–H groups in total. The van der Waals surface area contributed by atoms with Gasteiger partial charge in [0.2, 0.25) is 0 Å². The van der Waals surface area contributed by atoms with Crippen LogP contribution < -0.4 is 24.7 Å². The molecule has 0 unspecified atom stereocenters. The number of alkyl halides is 1. The van der Waals surface area contributed by atoms with Crippen molar-refractivity contribution in [2.24, 2.45) is 4.99 Å². The molecule has 70 valence electrons. The quantitative estimate of drug-likeness (QED) is 0.309. The predicted molar refractivity (Wildman–Crippen MR) is 45.5 cm³/mol. The molecule has 0 spiro atoms. The maximum absolute atomic E-state index is 10.0. The number of hydrogen-bond donors (Lipinski definition) is 0. The third kappa shape index (κ3) is 2.82. The van der Waals surface area contributed by atoms with Crippen molar-refractivity contribution in [3.05, 3.63) is 23.8 Å². The van der Waals surface area contributed by atoms with E-state index in [-0.39, 0.29) is 21.6 Å². The van der Waals surface area contributed by atoms with Gasteiger partial charge in [-0.2, -0.15) is 0 Å². The van der Waals surface area contributed by atoms with Crippen molar-refractivity contribution < 1.29 is 29.5 Å². The maximum atomic E-state index is 10.0. The topological polar surface area (TPSA) is 38.7 Å². The van der Waals surface area contributed by atoms with Crippen LogP contribution in [-0.2, 0) is 4.79 Å². The minimum absolute atomic E-state index is 0.210. The molecule has 0 bridgehead atoms. The number of isocyanates is 1. The summed E-state index contributed by atoms with van der Waals surface area (Å²) in [6.07, 6.45) is 1.52. The van der Waals surface area contributed by atoms with E-state index in [2.05, 4.69) is 4.99 Å². The van der Waals surface area contributed by atoms with E-state index in [1.54, 1.807) is 6.07 Å². The first-order valence-corrected chi connectivity index (χ1v) is 6.66. The molecule has 1 rings (SSSR count). The zero-order chi connectivity index (χ0) is 9.68. The van der Waals surface area contributed by atoms with E-state index in [9.17, 15) is 4.79 Å². The number of benzene rings is 1. The van der Waals surface area contributed by atoms with E-state index in [4.69, 9.17) is 3.07 Å². The van der Waals surface area contributed by atoms with Crippen LogP contribution in [0, 0.1) is 6.92 Å². The van der Waals surface area contributed by atoms with Gasteiger partial charge in [0.1, 0.15) is 0 Å². The summed E-state index contributed by atoms with van der Waals surface area (Å²) < 4.78 is 5.39. The van der Waals surface area contributed by atoms with Crippen molar-refractivity contribution in [2.75, 3.05) is 4.93 Å². The fraction of sp³-hybridized carbons (Fsp3) is 0.222. The summed E-state index contributed by atoms with van der Waals surface area (Å²) in [5, 5.41) is 0. The van der Waals surface area contributed by atoms with Crippen molar-refractivity contribution in [1.82, 2.24) is 0 Å². The van der Waals surface area contributed by atoms with Crippen LogP contribution in [-0.4, -0.2) is 11.0 Å². The van der Waals surface area contributed by atoms with E-state index in [1.165, 1.54) is 6.08 Å². The van der Waals surface area contributed by atoms with Crippen LogP contribution in [0.25, 0.3) is 0 Å². The molecule has 3 nitrogen and oxygen atoms in total. The third-order valence-corrected chi connectivity index (χ3v) is 2.45. The van der Waals surface area contributed by atoms with Crippen molar-refractivity contribution in [3.63, 3.8) is 0 Å². The molecule has 0 aromatic heterocycles. The Morgan fingerprint density at radius 1 is 1.54 bits per heavy atom. The van der Waals surface area contributed by atoms with Crippen molar-refractivity contribution in [2.45, 2.75) is 6.92 Å². The molecule has 0 aliphatic heterocycles. The molecular formula is C9H9INO2-. The molecule has 0 heterocycles. The summed E-state index contributed by atoms with van der Waals surface area (Å²) in [4.78, 5) is 15.6. The molecule has 4 heteroatoms. The molecular weight excluding hydrogens is 281 g/mol. The van der Waals surface area contributed by atoms with Gasteiger partial charge in [-0.25, -0.2) is 0 Å². The molecule has 0 saturated carbocycles. The van der Waals surface area contributed by atoms with Gasteiger partial charge in [-0.15, -0.1) is 0 Å². The Kier molecular flexibility index (Phi) is 3.92. The van der Waals surface area contributed by atoms with E-state index < -0.39 is 0 Å². The van der Waals surface area contributed by atoms with Gasteiger partial charge >= 0.3 is 87.6 Å². The number of aliphatic imine (C=N–C) groups is 1. The average molecular weight is 290 g/mol. The first-order valence-electron chi connectivity index (χ1n) is 3.63. The average Bonchev–Trinajstić information content (AvgIpc) is 2.10. The van der Waals surface area contributed by atoms with Crippen LogP contribution in [0.3, 0.4) is 0 Å². The Hall–Kier alpha value is -0.870. The van der Waals surface area contributed by atoms with Crippen LogP contribution in [0.15, 0.2) is 23.2 Å². The summed E-state index contributed by atoms with van der Waals surface area (Å²) >= 11 is -0.210. The molecule has 13 heavy (non-hydrogen) atoms. The number of aryl methyl sites for hydroxylation is 1. The van der Waals surface area contributed by atoms with Crippen molar-refractivity contribution in [3.8, 4) is 5.75 Å². The van der Waals surface area contributed by atoms with Crippen molar-refractivity contribution in [1.29, 1.82) is 0 Å². The zero-order valence-electron chi connectivity index (χ0n) is 7.37. The molecule has 0 radical (unpaired) electrons. The van der Waals surface area contributed by atoms with Gasteiger partial charge in [0.05, 0.1) is 0 Å². The SMILES string of the molecule is C[I-]Oc1ccc(N=C=O)c(C)c1. The predicted octanol–water partition coefficient (Wildman–Crippen LogP) is -1.03. The molecule has 0 atom stereocenters. The molecule has 0 amide bonds. The standard InChI is InChI=1S/C9H9INO2/c1-7-5-8(13-10-2)3-4-9(7)11-6-12/h3-5H,1-2H3/q-1. The molecule has 0 fully saturated rings. The number of halogens is 1. The molecule has 1 aromatic carbocycles. The normalized spacial score (nSPS) is 9.38. The number of carbonyl (C=O) groups excluding carboxylic acids is 1. The van der Waals surface area contributed by atoms with Crippen LogP contribution in [0.2, 0.25) is 0 Å². The Morgan fingerprint density at radius 2 is 2.31 bits per heavy atom. The van der Waals surface area contributed by atoms with E-state index in [0.717, 1.165) is 11.3 Å². The summed E-state index contributed by atoms with van der Waals surface area (Å²) in [7, 11) is 0. The summed E-state index contributed by atoms with van der Waals surface area (Å²) in [6, 6.07) is 5.45. The van der Waals surface area contributed by atoms with Gasteiger partial charge in [-0.1, -0.05) is 0 Å². The van der Waals surface area contributed by atoms with Crippen LogP contribution >= 0.6 is 0 Å². The summed E-state index contributed by atoms with van der Waals surface area (Å²) in [6.45, 7) is 1.89.